The molecule has 2 aromatic carbocycles. The third-order valence-corrected chi connectivity index (χ3v) is 3.72. The summed E-state index contributed by atoms with van der Waals surface area (Å²) >= 11 is 8.54. The van der Waals surface area contributed by atoms with E-state index in [9.17, 15) is 4.79 Å². The van der Waals surface area contributed by atoms with Gasteiger partial charge in [0.05, 0.1) is 5.69 Å². The van der Waals surface area contributed by atoms with Gasteiger partial charge in [0.25, 0.3) is 5.91 Å². The maximum absolute atomic E-state index is 12.1. The highest BCUT2D eigenvalue weighted by molar-refractivity contribution is 9.10. The number of halogens is 1. The number of anilines is 2. The molecule has 1 amide bonds. The fourth-order valence-corrected chi connectivity index (χ4v) is 2.48. The van der Waals surface area contributed by atoms with E-state index in [0.717, 1.165) is 15.7 Å². The SMILES string of the molecule is Cc1ccccc1C(=O)NC(=S)Nc1ccc(N)cc1Br. The molecule has 0 fully saturated rings. The maximum Gasteiger partial charge on any atom is 0.257 e. The molecule has 21 heavy (non-hydrogen) atoms. The average Bonchev–Trinajstić information content (AvgIpc) is 2.42. The van der Waals surface area contributed by atoms with Gasteiger partial charge < -0.3 is 11.1 Å². The van der Waals surface area contributed by atoms with E-state index in [1.165, 1.54) is 0 Å². The Labute approximate surface area is 136 Å². The summed E-state index contributed by atoms with van der Waals surface area (Å²) in [7, 11) is 0. The Hall–Kier alpha value is -1.92. The number of hydrogen-bond donors (Lipinski definition) is 3. The van der Waals surface area contributed by atoms with E-state index < -0.39 is 0 Å². The van der Waals surface area contributed by atoms with Crippen molar-refractivity contribution in [1.82, 2.24) is 5.32 Å². The van der Waals surface area contributed by atoms with E-state index in [1.54, 1.807) is 24.3 Å². The van der Waals surface area contributed by atoms with Crippen LogP contribution in [-0.4, -0.2) is 11.0 Å². The largest absolute Gasteiger partial charge is 0.399 e. The second kappa shape index (κ2) is 6.69. The molecule has 0 bridgehead atoms. The molecule has 0 heterocycles. The number of nitrogen functional groups attached to an aromatic ring is 1. The van der Waals surface area contributed by atoms with Gasteiger partial charge in [0.15, 0.2) is 5.11 Å². The molecule has 0 aliphatic carbocycles. The van der Waals surface area contributed by atoms with Crippen molar-refractivity contribution >= 4 is 50.5 Å². The molecule has 4 nitrogen and oxygen atoms in total. The van der Waals surface area contributed by atoms with Gasteiger partial charge >= 0.3 is 0 Å². The molecule has 0 saturated heterocycles. The standard InChI is InChI=1S/C15H14BrN3OS/c1-9-4-2-3-5-11(9)14(20)19-15(21)18-13-7-6-10(17)8-12(13)16/h2-8H,17H2,1H3,(H2,18,19,20,21). The van der Waals surface area contributed by atoms with Crippen molar-refractivity contribution in [3.05, 3.63) is 58.1 Å². The Balaban J connectivity index is 2.05. The molecule has 0 aliphatic heterocycles. The van der Waals surface area contributed by atoms with Crippen LogP contribution in [0, 0.1) is 6.92 Å². The molecule has 108 valence electrons. The van der Waals surface area contributed by atoms with Crippen molar-refractivity contribution in [3.8, 4) is 0 Å². The molecule has 2 aromatic rings. The van der Waals surface area contributed by atoms with Gasteiger partial charge in [0.1, 0.15) is 0 Å². The molecule has 0 aliphatic rings. The van der Waals surface area contributed by atoms with Gasteiger partial charge in [0, 0.05) is 15.7 Å². The summed E-state index contributed by atoms with van der Waals surface area (Å²) in [4.78, 5) is 12.1. The smallest absolute Gasteiger partial charge is 0.257 e. The minimum Gasteiger partial charge on any atom is -0.399 e. The zero-order chi connectivity index (χ0) is 15.4. The number of carbonyl (C=O) groups is 1. The van der Waals surface area contributed by atoms with Gasteiger partial charge in [-0.25, -0.2) is 0 Å². The molecular formula is C15H14BrN3OS. The minimum absolute atomic E-state index is 0.230. The van der Waals surface area contributed by atoms with Crippen LogP contribution in [0.5, 0.6) is 0 Å². The summed E-state index contributed by atoms with van der Waals surface area (Å²) in [5.41, 5.74) is 8.54. The summed E-state index contributed by atoms with van der Waals surface area (Å²) < 4.78 is 0.773. The average molecular weight is 364 g/mol. The highest BCUT2D eigenvalue weighted by atomic mass is 79.9. The number of rotatable bonds is 2. The quantitative estimate of drug-likeness (QED) is 0.564. The molecule has 4 N–H and O–H groups in total. The number of carbonyl (C=O) groups excluding carboxylic acids is 1. The second-order valence-corrected chi connectivity index (χ2v) is 5.73. The first-order valence-electron chi connectivity index (χ1n) is 6.20. The molecule has 0 saturated carbocycles. The van der Waals surface area contributed by atoms with E-state index in [2.05, 4.69) is 26.6 Å². The summed E-state index contributed by atoms with van der Waals surface area (Å²) in [5.74, 6) is -0.239. The first-order chi connectivity index (χ1) is 9.97. The highest BCUT2D eigenvalue weighted by Gasteiger charge is 2.10. The normalized spacial score (nSPS) is 10.0. The third-order valence-electron chi connectivity index (χ3n) is 2.86. The number of aryl methyl sites for hydroxylation is 1. The molecule has 0 spiro atoms. The molecular weight excluding hydrogens is 350 g/mol. The number of amides is 1. The number of hydrogen-bond acceptors (Lipinski definition) is 3. The van der Waals surface area contributed by atoms with Crippen molar-refractivity contribution in [2.75, 3.05) is 11.1 Å². The van der Waals surface area contributed by atoms with Crippen molar-refractivity contribution in [2.24, 2.45) is 0 Å². The van der Waals surface area contributed by atoms with E-state index in [4.69, 9.17) is 18.0 Å². The fourth-order valence-electron chi connectivity index (χ4n) is 1.78. The van der Waals surface area contributed by atoms with Crippen LogP contribution in [-0.2, 0) is 0 Å². The monoisotopic (exact) mass is 363 g/mol. The van der Waals surface area contributed by atoms with Gasteiger partial charge in [-0.2, -0.15) is 0 Å². The van der Waals surface area contributed by atoms with Crippen molar-refractivity contribution in [2.45, 2.75) is 6.92 Å². The van der Waals surface area contributed by atoms with Gasteiger partial charge in [-0.3, -0.25) is 10.1 Å². The first-order valence-corrected chi connectivity index (χ1v) is 7.40. The highest BCUT2D eigenvalue weighted by Crippen LogP contribution is 2.24. The Kier molecular flexibility index (Phi) is 4.93. The molecule has 0 aromatic heterocycles. The lowest BCUT2D eigenvalue weighted by Crippen LogP contribution is -2.34. The minimum atomic E-state index is -0.239. The predicted molar refractivity (Wildman–Crippen MR) is 93.4 cm³/mol. The topological polar surface area (TPSA) is 67.2 Å². The van der Waals surface area contributed by atoms with Crippen LogP contribution >= 0.6 is 28.1 Å². The van der Waals surface area contributed by atoms with Crippen molar-refractivity contribution < 1.29 is 4.79 Å². The number of benzene rings is 2. The summed E-state index contributed by atoms with van der Waals surface area (Å²) in [5, 5.41) is 5.84. The maximum atomic E-state index is 12.1. The molecule has 6 heteroatoms. The summed E-state index contributed by atoms with van der Waals surface area (Å²) in [6.07, 6.45) is 0. The predicted octanol–water partition coefficient (Wildman–Crippen LogP) is 3.47. The van der Waals surface area contributed by atoms with Gasteiger partial charge in [-0.1, -0.05) is 18.2 Å². The van der Waals surface area contributed by atoms with Crippen LogP contribution < -0.4 is 16.4 Å². The lowest BCUT2D eigenvalue weighted by molar-refractivity contribution is 0.0977. The van der Waals surface area contributed by atoms with E-state index in [0.29, 0.717) is 11.3 Å². The zero-order valence-electron chi connectivity index (χ0n) is 11.3. The summed E-state index contributed by atoms with van der Waals surface area (Å²) in [6, 6.07) is 12.6. The lowest BCUT2D eigenvalue weighted by atomic mass is 10.1. The van der Waals surface area contributed by atoms with Crippen molar-refractivity contribution in [1.29, 1.82) is 0 Å². The first kappa shape index (κ1) is 15.5. The van der Waals surface area contributed by atoms with Crippen molar-refractivity contribution in [3.63, 3.8) is 0 Å². The van der Waals surface area contributed by atoms with Crippen LogP contribution in [0.3, 0.4) is 0 Å². The third kappa shape index (κ3) is 4.03. The van der Waals surface area contributed by atoms with Crippen LogP contribution in [0.25, 0.3) is 0 Å². The van der Waals surface area contributed by atoms with Crippen LogP contribution in [0.1, 0.15) is 15.9 Å². The molecule has 0 atom stereocenters. The fraction of sp³-hybridized carbons (Fsp3) is 0.0667. The number of thiocarbonyl (C=S) groups is 1. The van der Waals surface area contributed by atoms with Gasteiger partial charge in [-0.15, -0.1) is 0 Å². The number of nitrogens with two attached hydrogens (primary N) is 1. The van der Waals surface area contributed by atoms with E-state index in [1.807, 2.05) is 25.1 Å². The Morgan fingerprint density at radius 1 is 1.24 bits per heavy atom. The lowest BCUT2D eigenvalue weighted by Gasteiger charge is -2.12. The Morgan fingerprint density at radius 3 is 2.62 bits per heavy atom. The molecule has 2 rings (SSSR count). The van der Waals surface area contributed by atoms with E-state index in [-0.39, 0.29) is 11.0 Å². The van der Waals surface area contributed by atoms with Crippen LogP contribution in [0.2, 0.25) is 0 Å². The second-order valence-electron chi connectivity index (χ2n) is 4.46. The Bertz CT molecular complexity index is 703. The zero-order valence-corrected chi connectivity index (χ0v) is 13.7. The van der Waals surface area contributed by atoms with Gasteiger partial charge in [-0.05, 0) is 64.9 Å². The molecule has 0 radical (unpaired) electrons. The van der Waals surface area contributed by atoms with E-state index >= 15 is 0 Å². The summed E-state index contributed by atoms with van der Waals surface area (Å²) in [6.45, 7) is 1.88. The number of nitrogens with one attached hydrogen (secondary N) is 2. The van der Waals surface area contributed by atoms with Crippen LogP contribution in [0.4, 0.5) is 11.4 Å². The molecule has 0 unspecified atom stereocenters. The Morgan fingerprint density at radius 2 is 1.95 bits per heavy atom. The van der Waals surface area contributed by atoms with Gasteiger partial charge in [0.2, 0.25) is 0 Å². The van der Waals surface area contributed by atoms with Crippen LogP contribution in [0.15, 0.2) is 46.9 Å².